The minimum atomic E-state index is -1.04. The summed E-state index contributed by atoms with van der Waals surface area (Å²) in [5, 5.41) is 6.88. The number of fused-ring (bicyclic) bond motifs is 1. The van der Waals surface area contributed by atoms with Crippen molar-refractivity contribution in [1.29, 1.82) is 0 Å². The van der Waals surface area contributed by atoms with E-state index < -0.39 is 24.5 Å². The van der Waals surface area contributed by atoms with E-state index in [-0.39, 0.29) is 23.7 Å². The smallest absolute Gasteiger partial charge is 0.329 e. The molecule has 152 valence electrons. The van der Waals surface area contributed by atoms with Gasteiger partial charge < -0.3 is 10.1 Å². The molecule has 3 amide bonds. The first-order valence-electron chi connectivity index (χ1n) is 9.56. The molecule has 1 aromatic rings. The molecule has 2 heterocycles. The summed E-state index contributed by atoms with van der Waals surface area (Å²) < 4.78 is 6.70. The second kappa shape index (κ2) is 7.73. The summed E-state index contributed by atoms with van der Waals surface area (Å²) in [6, 6.07) is -1.04. The fourth-order valence-corrected chi connectivity index (χ4v) is 4.06. The molecule has 0 aromatic carbocycles. The zero-order chi connectivity index (χ0) is 20.6. The van der Waals surface area contributed by atoms with Crippen molar-refractivity contribution in [1.82, 2.24) is 14.7 Å². The van der Waals surface area contributed by atoms with E-state index in [0.717, 1.165) is 23.4 Å². The van der Waals surface area contributed by atoms with Crippen LogP contribution in [0.1, 0.15) is 44.0 Å². The number of esters is 1. The van der Waals surface area contributed by atoms with Gasteiger partial charge in [-0.05, 0) is 33.6 Å². The lowest BCUT2D eigenvalue weighted by atomic mass is 9.81. The van der Waals surface area contributed by atoms with E-state index in [0.29, 0.717) is 24.2 Å². The SMILES string of the molecule is Cc1nn(C)c(C)c1NC(=O)COC(=O)[C@H](C)N1C(=O)[C@H]2CCCC[C@@H]2C1=O. The number of nitrogens with one attached hydrogen (secondary N) is 1. The van der Waals surface area contributed by atoms with Crippen LogP contribution in [0.15, 0.2) is 0 Å². The number of likely N-dealkylation sites (tertiary alicyclic amines) is 1. The highest BCUT2D eigenvalue weighted by Crippen LogP contribution is 2.38. The Morgan fingerprint density at radius 3 is 2.25 bits per heavy atom. The zero-order valence-electron chi connectivity index (χ0n) is 16.7. The Kier molecular flexibility index (Phi) is 5.53. The van der Waals surface area contributed by atoms with Gasteiger partial charge in [-0.3, -0.25) is 24.0 Å². The molecule has 9 heteroatoms. The minimum absolute atomic E-state index is 0.301. The van der Waals surface area contributed by atoms with E-state index in [4.69, 9.17) is 4.74 Å². The van der Waals surface area contributed by atoms with Crippen LogP contribution in [0.2, 0.25) is 0 Å². The molecule has 28 heavy (non-hydrogen) atoms. The molecule has 1 aliphatic carbocycles. The third-order valence-electron chi connectivity index (χ3n) is 5.72. The standard InChI is InChI=1S/C19H26N4O5/c1-10-16(11(2)22(4)21-10)20-15(24)9-28-19(27)12(3)23-17(25)13-7-5-6-8-14(13)18(23)26/h12-14H,5-9H2,1-4H3,(H,20,24)/t12-,13-,14-/m0/s1. The quantitative estimate of drug-likeness (QED) is 0.595. The van der Waals surface area contributed by atoms with Crippen LogP contribution in [0, 0.1) is 25.7 Å². The zero-order valence-corrected chi connectivity index (χ0v) is 16.7. The first-order chi connectivity index (χ1) is 13.2. The molecule has 0 unspecified atom stereocenters. The molecule has 1 saturated carbocycles. The Labute approximate surface area is 163 Å². The second-order valence-electron chi connectivity index (χ2n) is 7.55. The summed E-state index contributed by atoms with van der Waals surface area (Å²) in [5.74, 6) is -2.52. The van der Waals surface area contributed by atoms with Gasteiger partial charge in [-0.1, -0.05) is 12.8 Å². The first kappa shape index (κ1) is 20.0. The number of nitrogens with zero attached hydrogens (tertiary/aromatic N) is 3. The maximum Gasteiger partial charge on any atom is 0.329 e. The van der Waals surface area contributed by atoms with Gasteiger partial charge in [-0.2, -0.15) is 5.10 Å². The molecular weight excluding hydrogens is 364 g/mol. The Hall–Kier alpha value is -2.71. The highest BCUT2D eigenvalue weighted by molar-refractivity contribution is 6.08. The molecule has 2 fully saturated rings. The van der Waals surface area contributed by atoms with Gasteiger partial charge in [0.25, 0.3) is 5.91 Å². The van der Waals surface area contributed by atoms with E-state index in [1.165, 1.54) is 6.92 Å². The normalized spacial score (nSPS) is 22.8. The van der Waals surface area contributed by atoms with E-state index in [1.807, 2.05) is 6.92 Å². The molecule has 0 bridgehead atoms. The van der Waals surface area contributed by atoms with E-state index in [2.05, 4.69) is 10.4 Å². The van der Waals surface area contributed by atoms with Gasteiger partial charge in [0.15, 0.2) is 6.61 Å². The number of hydrogen-bond donors (Lipinski definition) is 1. The number of aryl methyl sites for hydroxylation is 2. The monoisotopic (exact) mass is 390 g/mol. The fourth-order valence-electron chi connectivity index (χ4n) is 4.06. The molecule has 2 aliphatic rings. The predicted molar refractivity (Wildman–Crippen MR) is 99.0 cm³/mol. The molecule has 1 aliphatic heterocycles. The van der Waals surface area contributed by atoms with E-state index >= 15 is 0 Å². The molecule has 1 saturated heterocycles. The maximum atomic E-state index is 12.6. The topological polar surface area (TPSA) is 111 Å². The number of rotatable bonds is 5. The number of amides is 3. The Balaban J connectivity index is 1.58. The van der Waals surface area contributed by atoms with Crippen LogP contribution in [0.25, 0.3) is 0 Å². The molecule has 1 aromatic heterocycles. The summed E-state index contributed by atoms with van der Waals surface area (Å²) in [6.07, 6.45) is 3.19. The van der Waals surface area contributed by atoms with Crippen molar-refractivity contribution >= 4 is 29.4 Å². The highest BCUT2D eigenvalue weighted by atomic mass is 16.5. The van der Waals surface area contributed by atoms with Crippen molar-refractivity contribution in [3.05, 3.63) is 11.4 Å². The third kappa shape index (κ3) is 3.53. The number of anilines is 1. The summed E-state index contributed by atoms with van der Waals surface area (Å²) in [4.78, 5) is 50.6. The van der Waals surface area contributed by atoms with Gasteiger partial charge in [-0.25, -0.2) is 4.79 Å². The molecule has 9 nitrogen and oxygen atoms in total. The van der Waals surface area contributed by atoms with Crippen LogP contribution in [-0.4, -0.2) is 51.0 Å². The lowest BCUT2D eigenvalue weighted by Crippen LogP contribution is -2.45. The van der Waals surface area contributed by atoms with Gasteiger partial charge in [0, 0.05) is 7.05 Å². The Morgan fingerprint density at radius 1 is 1.18 bits per heavy atom. The number of ether oxygens (including phenoxy) is 1. The lowest BCUT2D eigenvalue weighted by Gasteiger charge is -2.21. The van der Waals surface area contributed by atoms with E-state index in [9.17, 15) is 19.2 Å². The van der Waals surface area contributed by atoms with Crippen molar-refractivity contribution in [2.45, 2.75) is 52.5 Å². The number of aromatic nitrogens is 2. The van der Waals surface area contributed by atoms with Crippen molar-refractivity contribution in [2.75, 3.05) is 11.9 Å². The van der Waals surface area contributed by atoms with Crippen LogP contribution < -0.4 is 5.32 Å². The highest BCUT2D eigenvalue weighted by Gasteiger charge is 2.51. The number of imide groups is 1. The van der Waals surface area contributed by atoms with Gasteiger partial charge in [-0.15, -0.1) is 0 Å². The van der Waals surface area contributed by atoms with E-state index in [1.54, 1.807) is 18.7 Å². The van der Waals surface area contributed by atoms with Crippen molar-refractivity contribution in [3.63, 3.8) is 0 Å². The summed E-state index contributed by atoms with van der Waals surface area (Å²) >= 11 is 0. The summed E-state index contributed by atoms with van der Waals surface area (Å²) in [7, 11) is 1.77. The number of carbonyl (C=O) groups is 4. The molecule has 0 spiro atoms. The van der Waals surface area contributed by atoms with Crippen LogP contribution in [0.5, 0.6) is 0 Å². The van der Waals surface area contributed by atoms with Gasteiger partial charge >= 0.3 is 5.97 Å². The van der Waals surface area contributed by atoms with Gasteiger partial charge in [0.05, 0.1) is 28.9 Å². The van der Waals surface area contributed by atoms with Crippen LogP contribution in [0.4, 0.5) is 5.69 Å². The average molecular weight is 390 g/mol. The van der Waals surface area contributed by atoms with Gasteiger partial charge in [0.2, 0.25) is 11.8 Å². The maximum absolute atomic E-state index is 12.6. The van der Waals surface area contributed by atoms with Gasteiger partial charge in [0.1, 0.15) is 6.04 Å². The van der Waals surface area contributed by atoms with Crippen LogP contribution in [0.3, 0.4) is 0 Å². The first-order valence-corrected chi connectivity index (χ1v) is 9.56. The molecule has 1 N–H and O–H groups in total. The largest absolute Gasteiger partial charge is 0.454 e. The minimum Gasteiger partial charge on any atom is -0.454 e. The fraction of sp³-hybridized carbons (Fsp3) is 0.632. The van der Waals surface area contributed by atoms with Crippen molar-refractivity contribution in [3.8, 4) is 0 Å². The Morgan fingerprint density at radius 2 is 1.75 bits per heavy atom. The summed E-state index contributed by atoms with van der Waals surface area (Å²) in [5.41, 5.74) is 2.01. The molecule has 0 radical (unpaired) electrons. The predicted octanol–water partition coefficient (Wildman–Crippen LogP) is 1.08. The van der Waals surface area contributed by atoms with Crippen LogP contribution >= 0.6 is 0 Å². The van der Waals surface area contributed by atoms with Crippen molar-refractivity contribution < 1.29 is 23.9 Å². The van der Waals surface area contributed by atoms with Crippen molar-refractivity contribution in [2.24, 2.45) is 18.9 Å². The van der Waals surface area contributed by atoms with Crippen LogP contribution in [-0.2, 0) is 31.0 Å². The Bertz CT molecular complexity index is 807. The number of carbonyl (C=O) groups excluding carboxylic acids is 4. The molecule has 3 atom stereocenters. The lowest BCUT2D eigenvalue weighted by molar-refractivity contribution is -0.159. The summed E-state index contributed by atoms with van der Waals surface area (Å²) in [6.45, 7) is 4.54. The third-order valence-corrected chi connectivity index (χ3v) is 5.72. The number of hydrogen-bond acceptors (Lipinski definition) is 6. The molecular formula is C19H26N4O5. The second-order valence-corrected chi connectivity index (χ2v) is 7.55. The molecule has 3 rings (SSSR count). The average Bonchev–Trinajstić information content (AvgIpc) is 3.06.